The Labute approximate surface area is 149 Å². The van der Waals surface area contributed by atoms with Gasteiger partial charge in [-0.1, -0.05) is 6.07 Å². The van der Waals surface area contributed by atoms with Gasteiger partial charge in [-0.2, -0.15) is 18.3 Å². The standard InChI is InChI=1S/C17H21F3N4O2/c1-10-6-11(2)24(23-10)13-5-4-12(14(7-13)17(18,19)20)8-22-16(25)15(21)9-26-3/h4-7,15H,8-9,21H2,1-3H3,(H,22,25). The second-order valence-corrected chi connectivity index (χ2v) is 5.96. The lowest BCUT2D eigenvalue weighted by atomic mass is 10.1. The van der Waals surface area contributed by atoms with Gasteiger partial charge in [0.25, 0.3) is 0 Å². The predicted octanol–water partition coefficient (Wildman–Crippen LogP) is 2.10. The average molecular weight is 370 g/mol. The van der Waals surface area contributed by atoms with E-state index in [2.05, 4.69) is 10.4 Å². The number of aryl methyl sites for hydroxylation is 2. The molecule has 2 aromatic rings. The molecule has 1 aromatic carbocycles. The third-order valence-corrected chi connectivity index (χ3v) is 3.79. The first-order valence-electron chi connectivity index (χ1n) is 7.89. The number of halogens is 3. The maximum atomic E-state index is 13.5. The van der Waals surface area contributed by atoms with Gasteiger partial charge in [0.2, 0.25) is 5.91 Å². The van der Waals surface area contributed by atoms with Crippen LogP contribution in [0.4, 0.5) is 13.2 Å². The average Bonchev–Trinajstić information content (AvgIpc) is 2.90. The number of hydrogen-bond donors (Lipinski definition) is 2. The van der Waals surface area contributed by atoms with Crippen LogP contribution in [0.25, 0.3) is 5.69 Å². The maximum absolute atomic E-state index is 13.5. The minimum Gasteiger partial charge on any atom is -0.383 e. The van der Waals surface area contributed by atoms with E-state index < -0.39 is 23.7 Å². The van der Waals surface area contributed by atoms with Crippen molar-refractivity contribution in [1.29, 1.82) is 0 Å². The summed E-state index contributed by atoms with van der Waals surface area (Å²) in [6.45, 7) is 3.22. The molecule has 2 rings (SSSR count). The highest BCUT2D eigenvalue weighted by atomic mass is 19.4. The summed E-state index contributed by atoms with van der Waals surface area (Å²) in [5.74, 6) is -0.581. The van der Waals surface area contributed by atoms with Gasteiger partial charge < -0.3 is 15.8 Å². The third kappa shape index (κ3) is 4.61. The number of aromatic nitrogens is 2. The Morgan fingerprint density at radius 3 is 2.58 bits per heavy atom. The fraction of sp³-hybridized carbons (Fsp3) is 0.412. The second kappa shape index (κ2) is 7.88. The number of amides is 1. The van der Waals surface area contributed by atoms with Gasteiger partial charge in [-0.15, -0.1) is 0 Å². The van der Waals surface area contributed by atoms with Crippen LogP contribution in [0.2, 0.25) is 0 Å². The van der Waals surface area contributed by atoms with Gasteiger partial charge in [-0.3, -0.25) is 4.79 Å². The number of ether oxygens (including phenoxy) is 1. The van der Waals surface area contributed by atoms with Crippen molar-refractivity contribution in [3.05, 3.63) is 46.8 Å². The molecule has 142 valence electrons. The van der Waals surface area contributed by atoms with E-state index in [0.29, 0.717) is 11.4 Å². The normalized spacial score (nSPS) is 12.9. The van der Waals surface area contributed by atoms with Gasteiger partial charge in [-0.05, 0) is 37.6 Å². The Morgan fingerprint density at radius 2 is 2.04 bits per heavy atom. The Kier molecular flexibility index (Phi) is 6.04. The number of alkyl halides is 3. The first kappa shape index (κ1) is 19.9. The van der Waals surface area contributed by atoms with Crippen LogP contribution in [0, 0.1) is 13.8 Å². The number of benzene rings is 1. The molecule has 0 fully saturated rings. The zero-order valence-corrected chi connectivity index (χ0v) is 14.7. The molecular formula is C17H21F3N4O2. The summed E-state index contributed by atoms with van der Waals surface area (Å²) in [5, 5.41) is 6.60. The number of hydrogen-bond acceptors (Lipinski definition) is 4. The van der Waals surface area contributed by atoms with Crippen LogP contribution >= 0.6 is 0 Å². The van der Waals surface area contributed by atoms with E-state index in [-0.39, 0.29) is 18.7 Å². The summed E-state index contributed by atoms with van der Waals surface area (Å²) in [7, 11) is 1.38. The monoisotopic (exact) mass is 370 g/mol. The Morgan fingerprint density at radius 1 is 1.35 bits per heavy atom. The highest BCUT2D eigenvalue weighted by molar-refractivity contribution is 5.81. The number of nitrogens with zero attached hydrogens (tertiary/aromatic N) is 2. The highest BCUT2D eigenvalue weighted by Crippen LogP contribution is 2.33. The van der Waals surface area contributed by atoms with Crippen LogP contribution in [-0.2, 0) is 22.3 Å². The molecular weight excluding hydrogens is 349 g/mol. The second-order valence-electron chi connectivity index (χ2n) is 5.96. The maximum Gasteiger partial charge on any atom is 0.416 e. The fourth-order valence-corrected chi connectivity index (χ4v) is 2.57. The summed E-state index contributed by atoms with van der Waals surface area (Å²) in [5.41, 5.74) is 6.41. The minimum absolute atomic E-state index is 0.0190. The molecule has 9 heteroatoms. The van der Waals surface area contributed by atoms with Crippen molar-refractivity contribution < 1.29 is 22.7 Å². The van der Waals surface area contributed by atoms with E-state index in [0.717, 1.165) is 11.8 Å². The Balaban J connectivity index is 2.30. The number of nitrogens with one attached hydrogen (secondary N) is 1. The lowest BCUT2D eigenvalue weighted by Gasteiger charge is -2.17. The molecule has 26 heavy (non-hydrogen) atoms. The van der Waals surface area contributed by atoms with Gasteiger partial charge in [-0.25, -0.2) is 4.68 Å². The fourth-order valence-electron chi connectivity index (χ4n) is 2.57. The summed E-state index contributed by atoms with van der Waals surface area (Å²) in [6, 6.07) is 4.72. The first-order chi connectivity index (χ1) is 12.1. The van der Waals surface area contributed by atoms with E-state index in [1.165, 1.54) is 23.9 Å². The van der Waals surface area contributed by atoms with Gasteiger partial charge in [0.15, 0.2) is 0 Å². The molecule has 1 heterocycles. The van der Waals surface area contributed by atoms with E-state index in [9.17, 15) is 18.0 Å². The number of methoxy groups -OCH3 is 1. The van der Waals surface area contributed by atoms with Crippen LogP contribution in [0.3, 0.4) is 0 Å². The van der Waals surface area contributed by atoms with Crippen molar-refractivity contribution in [2.24, 2.45) is 5.73 Å². The van der Waals surface area contributed by atoms with E-state index in [4.69, 9.17) is 10.5 Å². The van der Waals surface area contributed by atoms with Crippen molar-refractivity contribution in [2.75, 3.05) is 13.7 Å². The molecule has 0 aliphatic rings. The molecule has 6 nitrogen and oxygen atoms in total. The molecule has 1 aromatic heterocycles. The van der Waals surface area contributed by atoms with Crippen molar-refractivity contribution in [3.63, 3.8) is 0 Å². The molecule has 1 unspecified atom stereocenters. The van der Waals surface area contributed by atoms with Gasteiger partial charge >= 0.3 is 6.18 Å². The van der Waals surface area contributed by atoms with Crippen LogP contribution in [0.5, 0.6) is 0 Å². The number of carbonyl (C=O) groups excluding carboxylic acids is 1. The predicted molar refractivity (Wildman–Crippen MR) is 89.7 cm³/mol. The topological polar surface area (TPSA) is 82.2 Å². The molecule has 0 bridgehead atoms. The molecule has 0 saturated heterocycles. The van der Waals surface area contributed by atoms with Crippen LogP contribution in [-0.4, -0.2) is 35.4 Å². The minimum atomic E-state index is -4.57. The summed E-state index contributed by atoms with van der Waals surface area (Å²) in [4.78, 5) is 11.8. The first-order valence-corrected chi connectivity index (χ1v) is 7.89. The summed E-state index contributed by atoms with van der Waals surface area (Å²) < 4.78 is 46.6. The lowest BCUT2D eigenvalue weighted by Crippen LogP contribution is -2.43. The SMILES string of the molecule is COCC(N)C(=O)NCc1ccc(-n2nc(C)cc2C)cc1C(F)(F)F. The van der Waals surface area contributed by atoms with Crippen LogP contribution in [0.1, 0.15) is 22.5 Å². The molecule has 1 atom stereocenters. The van der Waals surface area contributed by atoms with Crippen molar-refractivity contribution in [1.82, 2.24) is 15.1 Å². The molecule has 0 spiro atoms. The summed E-state index contributed by atoms with van der Waals surface area (Å²) >= 11 is 0. The molecule has 0 saturated carbocycles. The van der Waals surface area contributed by atoms with E-state index >= 15 is 0 Å². The molecule has 0 aliphatic carbocycles. The molecule has 1 amide bonds. The number of rotatable bonds is 6. The van der Waals surface area contributed by atoms with Gasteiger partial charge in [0.05, 0.1) is 23.6 Å². The molecule has 0 radical (unpaired) electrons. The Hall–Kier alpha value is -2.39. The smallest absolute Gasteiger partial charge is 0.383 e. The third-order valence-electron chi connectivity index (χ3n) is 3.79. The lowest BCUT2D eigenvalue weighted by molar-refractivity contribution is -0.138. The van der Waals surface area contributed by atoms with Crippen molar-refractivity contribution >= 4 is 5.91 Å². The van der Waals surface area contributed by atoms with Crippen LogP contribution < -0.4 is 11.1 Å². The largest absolute Gasteiger partial charge is 0.416 e. The quantitative estimate of drug-likeness (QED) is 0.816. The van der Waals surface area contributed by atoms with Gasteiger partial charge in [0, 0.05) is 19.3 Å². The van der Waals surface area contributed by atoms with Crippen molar-refractivity contribution in [2.45, 2.75) is 32.6 Å². The van der Waals surface area contributed by atoms with E-state index in [1.54, 1.807) is 19.9 Å². The number of carbonyl (C=O) groups is 1. The number of nitrogens with two attached hydrogens (primary N) is 1. The molecule has 3 N–H and O–H groups in total. The zero-order valence-electron chi connectivity index (χ0n) is 14.7. The van der Waals surface area contributed by atoms with Gasteiger partial charge in [0.1, 0.15) is 6.04 Å². The Bertz CT molecular complexity index is 787. The summed E-state index contributed by atoms with van der Waals surface area (Å²) in [6.07, 6.45) is -4.57. The van der Waals surface area contributed by atoms with Crippen LogP contribution in [0.15, 0.2) is 24.3 Å². The highest BCUT2D eigenvalue weighted by Gasteiger charge is 2.34. The van der Waals surface area contributed by atoms with Crippen molar-refractivity contribution in [3.8, 4) is 5.69 Å². The molecule has 0 aliphatic heterocycles. The zero-order chi connectivity index (χ0) is 19.5. The van der Waals surface area contributed by atoms with E-state index in [1.807, 2.05) is 0 Å².